The van der Waals surface area contributed by atoms with E-state index in [1.54, 1.807) is 0 Å². The predicted octanol–water partition coefficient (Wildman–Crippen LogP) is -3.61. The standard InChI is InChI=1S/Li.H2O4S.H/c;1-4-5(2)3;/h;1H,(H,2,3);/q+1;;-1/p-1. The van der Waals surface area contributed by atoms with Gasteiger partial charge in [-0.3, -0.25) is 0 Å². The summed E-state index contributed by atoms with van der Waals surface area (Å²) >= 11 is -2.77. The van der Waals surface area contributed by atoms with Gasteiger partial charge in [0.15, 0.2) is 0 Å². The molecule has 0 rings (SSSR count). The summed E-state index contributed by atoms with van der Waals surface area (Å²) in [4.78, 5) is 0. The molecular formula is H2LiO4S-. The topological polar surface area (TPSA) is 69.6 Å². The molecule has 0 radical (unpaired) electrons. The van der Waals surface area contributed by atoms with Crippen LogP contribution in [0.15, 0.2) is 0 Å². The molecule has 34 valence electrons. The van der Waals surface area contributed by atoms with E-state index in [4.69, 9.17) is 14.0 Å². The Labute approximate surface area is 50.6 Å². The minimum Gasteiger partial charge on any atom is -1.00 e. The van der Waals surface area contributed by atoms with Crippen molar-refractivity contribution in [3.63, 3.8) is 0 Å². The van der Waals surface area contributed by atoms with Crippen molar-refractivity contribution in [2.45, 2.75) is 0 Å². The Kier molecular flexibility index (Phi) is 9.19. The SMILES string of the molecule is O=S([O-])OO.[H-].[Li+]. The molecule has 0 aromatic heterocycles. The largest absolute Gasteiger partial charge is 1.00 e. The Morgan fingerprint density at radius 2 is 2.17 bits per heavy atom. The first-order valence-corrected chi connectivity index (χ1v) is 1.68. The maximum atomic E-state index is 8.90. The molecule has 0 aromatic rings. The molecule has 0 saturated carbocycles. The van der Waals surface area contributed by atoms with Crippen LogP contribution in [0.4, 0.5) is 0 Å². The number of hydrogen-bond donors (Lipinski definition) is 1. The van der Waals surface area contributed by atoms with Crippen molar-refractivity contribution >= 4 is 11.4 Å². The summed E-state index contributed by atoms with van der Waals surface area (Å²) < 4.78 is 20.5. The molecule has 0 aromatic carbocycles. The minimum absolute atomic E-state index is 0. The van der Waals surface area contributed by atoms with E-state index in [9.17, 15) is 0 Å². The minimum atomic E-state index is -2.77. The van der Waals surface area contributed by atoms with Gasteiger partial charge in [-0.15, -0.1) is 4.33 Å². The summed E-state index contributed by atoms with van der Waals surface area (Å²) in [5.41, 5.74) is 0. The summed E-state index contributed by atoms with van der Waals surface area (Å²) in [7, 11) is 0. The second-order valence-corrected chi connectivity index (χ2v) is 0.836. The van der Waals surface area contributed by atoms with Crippen molar-refractivity contribution in [3.05, 3.63) is 0 Å². The van der Waals surface area contributed by atoms with E-state index in [-0.39, 0.29) is 20.3 Å². The van der Waals surface area contributed by atoms with Gasteiger partial charge in [0.05, 0.1) is 0 Å². The zero-order chi connectivity index (χ0) is 4.28. The molecule has 4 nitrogen and oxygen atoms in total. The maximum Gasteiger partial charge on any atom is 1.00 e. The molecule has 0 aliphatic heterocycles. The van der Waals surface area contributed by atoms with Gasteiger partial charge in [0, 0.05) is 0 Å². The summed E-state index contributed by atoms with van der Waals surface area (Å²) in [5.74, 6) is 0. The molecule has 0 saturated heterocycles. The second-order valence-electron chi connectivity index (χ2n) is 0.279. The maximum absolute atomic E-state index is 8.90. The van der Waals surface area contributed by atoms with E-state index in [2.05, 4.69) is 4.33 Å². The molecule has 1 unspecified atom stereocenters. The second kappa shape index (κ2) is 5.63. The fourth-order valence-corrected chi connectivity index (χ4v) is 0. The predicted molar refractivity (Wildman–Crippen MR) is 13.7 cm³/mol. The van der Waals surface area contributed by atoms with Crippen LogP contribution in [-0.2, 0) is 15.7 Å². The fraction of sp³-hybridized carbons (Fsp3) is 0. The molecule has 0 heterocycles. The van der Waals surface area contributed by atoms with Gasteiger partial charge in [-0.2, -0.15) is 0 Å². The van der Waals surface area contributed by atoms with Crippen molar-refractivity contribution in [2.24, 2.45) is 0 Å². The van der Waals surface area contributed by atoms with E-state index in [0.29, 0.717) is 0 Å². The Balaban J connectivity index is -0.0000000800. The van der Waals surface area contributed by atoms with Crippen molar-refractivity contribution in [3.8, 4) is 0 Å². The monoisotopic (exact) mass is 105 g/mol. The van der Waals surface area contributed by atoms with Gasteiger partial charge in [-0.25, -0.2) is 9.47 Å². The van der Waals surface area contributed by atoms with Crippen molar-refractivity contribution in [2.75, 3.05) is 0 Å². The smallest absolute Gasteiger partial charge is 1.00 e. The van der Waals surface area contributed by atoms with Crippen LogP contribution in [-0.4, -0.2) is 14.0 Å². The average molecular weight is 105 g/mol. The van der Waals surface area contributed by atoms with Crippen molar-refractivity contribution in [1.82, 2.24) is 0 Å². The van der Waals surface area contributed by atoms with Gasteiger partial charge in [0.2, 0.25) is 0 Å². The molecule has 0 spiro atoms. The zero-order valence-electron chi connectivity index (χ0n) is 4.08. The first-order valence-electron chi connectivity index (χ1n) is 0.683. The van der Waals surface area contributed by atoms with Crippen molar-refractivity contribution < 1.29 is 38.6 Å². The van der Waals surface area contributed by atoms with Crippen LogP contribution in [0.5, 0.6) is 0 Å². The third-order valence-electron chi connectivity index (χ3n) is 0.0609. The Morgan fingerprint density at radius 3 is 2.17 bits per heavy atom. The van der Waals surface area contributed by atoms with Crippen LogP contribution < -0.4 is 18.9 Å². The van der Waals surface area contributed by atoms with Crippen LogP contribution in [0.1, 0.15) is 1.43 Å². The van der Waals surface area contributed by atoms with Crippen LogP contribution in [0.2, 0.25) is 0 Å². The number of hydrogen-bond acceptors (Lipinski definition) is 4. The van der Waals surface area contributed by atoms with Gasteiger partial charge >= 0.3 is 18.9 Å². The van der Waals surface area contributed by atoms with E-state index in [1.165, 1.54) is 0 Å². The summed E-state index contributed by atoms with van der Waals surface area (Å²) in [5, 5.41) is 7.03. The first-order chi connectivity index (χ1) is 2.27. The normalized spacial score (nSPS) is 12.3. The van der Waals surface area contributed by atoms with Gasteiger partial charge in [-0.1, -0.05) is 0 Å². The third kappa shape index (κ3) is 8.82. The zero-order valence-corrected chi connectivity index (χ0v) is 3.90. The van der Waals surface area contributed by atoms with E-state index in [0.717, 1.165) is 0 Å². The Bertz CT molecular complexity index is 47.0. The molecule has 0 aliphatic rings. The molecule has 0 aliphatic carbocycles. The molecule has 6 heteroatoms. The molecule has 1 atom stereocenters. The van der Waals surface area contributed by atoms with Gasteiger partial charge in [-0.05, 0) is 0 Å². The molecular weight excluding hydrogens is 103 g/mol. The van der Waals surface area contributed by atoms with E-state index in [1.807, 2.05) is 0 Å². The van der Waals surface area contributed by atoms with Crippen LogP contribution in [0.25, 0.3) is 0 Å². The van der Waals surface area contributed by atoms with E-state index < -0.39 is 11.4 Å². The Morgan fingerprint density at radius 1 is 2.00 bits per heavy atom. The van der Waals surface area contributed by atoms with Gasteiger partial charge in [0.1, 0.15) is 11.4 Å². The summed E-state index contributed by atoms with van der Waals surface area (Å²) in [6.45, 7) is 0. The molecule has 0 amide bonds. The summed E-state index contributed by atoms with van der Waals surface area (Å²) in [6.07, 6.45) is 0. The summed E-state index contributed by atoms with van der Waals surface area (Å²) in [6, 6.07) is 0. The van der Waals surface area contributed by atoms with Gasteiger partial charge in [0.25, 0.3) is 0 Å². The average Bonchev–Trinajstić information content (AvgIpc) is 1.38. The molecule has 6 heavy (non-hydrogen) atoms. The number of rotatable bonds is 1. The van der Waals surface area contributed by atoms with Crippen LogP contribution in [0.3, 0.4) is 0 Å². The quantitative estimate of drug-likeness (QED) is 0.162. The Hall–Kier alpha value is 0.627. The van der Waals surface area contributed by atoms with E-state index >= 15 is 0 Å². The van der Waals surface area contributed by atoms with Crippen LogP contribution >= 0.6 is 0 Å². The van der Waals surface area contributed by atoms with Crippen molar-refractivity contribution in [1.29, 1.82) is 0 Å². The van der Waals surface area contributed by atoms with Crippen LogP contribution in [0, 0.1) is 0 Å². The van der Waals surface area contributed by atoms with Gasteiger partial charge < -0.3 is 5.98 Å². The first kappa shape index (κ1) is 9.80. The third-order valence-corrected chi connectivity index (χ3v) is 0.183. The molecule has 0 fully saturated rings. The molecule has 0 bridgehead atoms. The molecule has 1 N–H and O–H groups in total. The fourth-order valence-electron chi connectivity index (χ4n) is 0.